The molecule has 1 aromatic carbocycles. The van der Waals surface area contributed by atoms with Crippen LogP contribution in [0.2, 0.25) is 0 Å². The Hall–Kier alpha value is -2.23. The molecule has 1 amide bonds. The number of amides is 1. The van der Waals surface area contributed by atoms with Crippen LogP contribution < -0.4 is 10.6 Å². The molecule has 0 aliphatic rings. The fourth-order valence-corrected chi connectivity index (χ4v) is 1.73. The number of H-pyrrole nitrogens is 1. The quantitative estimate of drug-likeness (QED) is 0.773. The first-order valence-corrected chi connectivity index (χ1v) is 5.89. The van der Waals surface area contributed by atoms with Crippen LogP contribution >= 0.6 is 0 Å². The molecule has 0 radical (unpaired) electrons. The van der Waals surface area contributed by atoms with Crippen LogP contribution in [-0.2, 0) is 11.3 Å². The third kappa shape index (κ3) is 3.13. The number of carbonyl (C=O) groups is 1. The topological polar surface area (TPSA) is 56.9 Å². The number of carbonyl (C=O) groups excluding carboxylic acids is 1. The van der Waals surface area contributed by atoms with E-state index in [1.54, 1.807) is 0 Å². The molecule has 0 unspecified atom stereocenters. The van der Waals surface area contributed by atoms with Crippen LogP contribution in [0.1, 0.15) is 18.1 Å². The lowest BCUT2D eigenvalue weighted by Gasteiger charge is -2.10. The molecule has 0 spiro atoms. The molecule has 0 saturated carbocycles. The van der Waals surface area contributed by atoms with E-state index in [9.17, 15) is 4.79 Å². The molecule has 4 heteroatoms. The Bertz CT molecular complexity index is 532. The van der Waals surface area contributed by atoms with Crippen LogP contribution in [0.4, 0.5) is 11.4 Å². The van der Waals surface area contributed by atoms with E-state index >= 15 is 0 Å². The SMILES string of the molecule is CC(=O)Nc1cc(NCc2cc[nH]c2)ccc1C. The Balaban J connectivity index is 2.06. The molecule has 0 bridgehead atoms. The molecule has 1 heterocycles. The molecule has 0 saturated heterocycles. The maximum atomic E-state index is 11.1. The van der Waals surface area contributed by atoms with Crippen LogP contribution in [0.15, 0.2) is 36.7 Å². The van der Waals surface area contributed by atoms with E-state index in [1.807, 2.05) is 43.6 Å². The van der Waals surface area contributed by atoms with Gasteiger partial charge >= 0.3 is 0 Å². The predicted molar refractivity (Wildman–Crippen MR) is 73.6 cm³/mol. The number of nitrogens with one attached hydrogen (secondary N) is 3. The Labute approximate surface area is 106 Å². The Kier molecular flexibility index (Phi) is 3.67. The zero-order valence-electron chi connectivity index (χ0n) is 10.6. The molecule has 0 aliphatic carbocycles. The second kappa shape index (κ2) is 5.40. The summed E-state index contributed by atoms with van der Waals surface area (Å²) in [5.41, 5.74) is 4.08. The first-order chi connectivity index (χ1) is 8.65. The zero-order chi connectivity index (χ0) is 13.0. The summed E-state index contributed by atoms with van der Waals surface area (Å²) < 4.78 is 0. The number of aryl methyl sites for hydroxylation is 1. The van der Waals surface area contributed by atoms with Crippen molar-refractivity contribution in [2.75, 3.05) is 10.6 Å². The normalized spacial score (nSPS) is 10.1. The highest BCUT2D eigenvalue weighted by Crippen LogP contribution is 2.20. The van der Waals surface area contributed by atoms with E-state index < -0.39 is 0 Å². The summed E-state index contributed by atoms with van der Waals surface area (Å²) in [6.07, 6.45) is 3.85. The molecule has 4 nitrogen and oxygen atoms in total. The molecular formula is C14H17N3O. The Morgan fingerprint density at radius 2 is 2.17 bits per heavy atom. The maximum absolute atomic E-state index is 11.1. The summed E-state index contributed by atoms with van der Waals surface area (Å²) in [5, 5.41) is 6.14. The minimum Gasteiger partial charge on any atom is -0.381 e. The van der Waals surface area contributed by atoms with Crippen molar-refractivity contribution in [1.82, 2.24) is 4.98 Å². The molecule has 2 rings (SSSR count). The smallest absolute Gasteiger partial charge is 0.221 e. The largest absolute Gasteiger partial charge is 0.381 e. The number of aromatic amines is 1. The van der Waals surface area contributed by atoms with Crippen molar-refractivity contribution in [3.8, 4) is 0 Å². The first kappa shape index (κ1) is 12.2. The fourth-order valence-electron chi connectivity index (χ4n) is 1.73. The van der Waals surface area contributed by atoms with Gasteiger partial charge in [0, 0.05) is 37.2 Å². The van der Waals surface area contributed by atoms with Crippen LogP contribution in [0.5, 0.6) is 0 Å². The second-order valence-electron chi connectivity index (χ2n) is 4.28. The highest BCUT2D eigenvalue weighted by Gasteiger charge is 2.02. The van der Waals surface area contributed by atoms with Crippen LogP contribution in [0, 0.1) is 6.92 Å². The molecule has 0 atom stereocenters. The van der Waals surface area contributed by atoms with Gasteiger partial charge in [-0.3, -0.25) is 4.79 Å². The van der Waals surface area contributed by atoms with Gasteiger partial charge in [0.05, 0.1) is 0 Å². The summed E-state index contributed by atoms with van der Waals surface area (Å²) in [6, 6.07) is 7.97. The van der Waals surface area contributed by atoms with Crippen molar-refractivity contribution < 1.29 is 4.79 Å². The van der Waals surface area contributed by atoms with Crippen molar-refractivity contribution in [2.24, 2.45) is 0 Å². The van der Waals surface area contributed by atoms with Crippen molar-refractivity contribution in [3.63, 3.8) is 0 Å². The first-order valence-electron chi connectivity index (χ1n) is 5.89. The zero-order valence-corrected chi connectivity index (χ0v) is 10.6. The third-order valence-electron chi connectivity index (χ3n) is 2.71. The van der Waals surface area contributed by atoms with E-state index in [-0.39, 0.29) is 5.91 Å². The molecule has 0 fully saturated rings. The van der Waals surface area contributed by atoms with Gasteiger partial charge in [-0.15, -0.1) is 0 Å². The average molecular weight is 243 g/mol. The Morgan fingerprint density at radius 1 is 1.33 bits per heavy atom. The van der Waals surface area contributed by atoms with Crippen molar-refractivity contribution in [2.45, 2.75) is 20.4 Å². The van der Waals surface area contributed by atoms with Crippen molar-refractivity contribution in [1.29, 1.82) is 0 Å². The molecule has 3 N–H and O–H groups in total. The van der Waals surface area contributed by atoms with Crippen LogP contribution in [-0.4, -0.2) is 10.9 Å². The van der Waals surface area contributed by atoms with E-state index in [0.717, 1.165) is 23.5 Å². The lowest BCUT2D eigenvalue weighted by atomic mass is 10.1. The average Bonchev–Trinajstić information content (AvgIpc) is 2.82. The van der Waals surface area contributed by atoms with Crippen LogP contribution in [0.3, 0.4) is 0 Å². The summed E-state index contributed by atoms with van der Waals surface area (Å²) in [5.74, 6) is -0.0547. The molecule has 0 aliphatic heterocycles. The third-order valence-corrected chi connectivity index (χ3v) is 2.71. The minimum absolute atomic E-state index is 0.0547. The van der Waals surface area contributed by atoms with E-state index in [4.69, 9.17) is 0 Å². The van der Waals surface area contributed by atoms with Gasteiger partial charge in [-0.25, -0.2) is 0 Å². The van der Waals surface area contributed by atoms with Gasteiger partial charge in [-0.1, -0.05) is 6.07 Å². The van der Waals surface area contributed by atoms with Crippen molar-refractivity contribution >= 4 is 17.3 Å². The summed E-state index contributed by atoms with van der Waals surface area (Å²) in [6.45, 7) is 4.24. The standard InChI is InChI=1S/C14H17N3O/c1-10-3-4-13(7-14(10)17-11(2)18)16-9-12-5-6-15-8-12/h3-8,15-16H,9H2,1-2H3,(H,17,18). The number of hydrogen-bond donors (Lipinski definition) is 3. The number of hydrogen-bond acceptors (Lipinski definition) is 2. The highest BCUT2D eigenvalue weighted by molar-refractivity contribution is 5.90. The van der Waals surface area contributed by atoms with Gasteiger partial charge in [0.25, 0.3) is 0 Å². The number of benzene rings is 1. The number of aromatic nitrogens is 1. The highest BCUT2D eigenvalue weighted by atomic mass is 16.1. The van der Waals surface area contributed by atoms with Gasteiger partial charge in [-0.2, -0.15) is 0 Å². The number of rotatable bonds is 4. The lowest BCUT2D eigenvalue weighted by molar-refractivity contribution is -0.114. The lowest BCUT2D eigenvalue weighted by Crippen LogP contribution is -2.08. The number of anilines is 2. The molecule has 18 heavy (non-hydrogen) atoms. The predicted octanol–water partition coefficient (Wildman–Crippen LogP) is 2.89. The second-order valence-corrected chi connectivity index (χ2v) is 4.28. The van der Waals surface area contributed by atoms with Gasteiger partial charge in [0.2, 0.25) is 5.91 Å². The van der Waals surface area contributed by atoms with Gasteiger partial charge in [0.15, 0.2) is 0 Å². The van der Waals surface area contributed by atoms with Crippen LogP contribution in [0.25, 0.3) is 0 Å². The van der Waals surface area contributed by atoms with E-state index in [0.29, 0.717) is 0 Å². The molecule has 1 aromatic heterocycles. The fraction of sp³-hybridized carbons (Fsp3) is 0.214. The monoisotopic (exact) mass is 243 g/mol. The minimum atomic E-state index is -0.0547. The summed E-state index contributed by atoms with van der Waals surface area (Å²) >= 11 is 0. The molecular weight excluding hydrogens is 226 g/mol. The maximum Gasteiger partial charge on any atom is 0.221 e. The van der Waals surface area contributed by atoms with Gasteiger partial charge in [0.1, 0.15) is 0 Å². The van der Waals surface area contributed by atoms with Gasteiger partial charge < -0.3 is 15.6 Å². The molecule has 94 valence electrons. The van der Waals surface area contributed by atoms with E-state index in [2.05, 4.69) is 15.6 Å². The molecule has 2 aromatic rings. The van der Waals surface area contributed by atoms with Gasteiger partial charge in [-0.05, 0) is 36.2 Å². The Morgan fingerprint density at radius 3 is 2.83 bits per heavy atom. The summed E-state index contributed by atoms with van der Waals surface area (Å²) in [4.78, 5) is 14.1. The van der Waals surface area contributed by atoms with Crippen molar-refractivity contribution in [3.05, 3.63) is 47.8 Å². The van der Waals surface area contributed by atoms with E-state index in [1.165, 1.54) is 12.5 Å². The summed E-state index contributed by atoms with van der Waals surface area (Å²) in [7, 11) is 0.